The number of carbonyl (C=O) groups excluding carboxylic acids is 1. The third kappa shape index (κ3) is 4.76. The molecule has 0 spiro atoms. The number of rotatable bonds is 5. The molecule has 0 aliphatic carbocycles. The third-order valence-corrected chi connectivity index (χ3v) is 2.48. The smallest absolute Gasteiger partial charge is 0.474 e. The summed E-state index contributed by atoms with van der Waals surface area (Å²) < 4.78 is 45.4. The molecule has 0 aliphatic heterocycles. The fourth-order valence-electron chi connectivity index (χ4n) is 1.04. The van der Waals surface area contributed by atoms with Crippen molar-refractivity contribution >= 4 is 5.78 Å². The molecular formula is C12H14F3NO3. The van der Waals surface area contributed by atoms with Crippen LogP contribution < -0.4 is 9.47 Å². The summed E-state index contributed by atoms with van der Waals surface area (Å²) in [5.74, 6) is -0.967. The number of hydrogen-bond acceptors (Lipinski definition) is 4. The summed E-state index contributed by atoms with van der Waals surface area (Å²) in [6.07, 6.45) is -3.55. The molecule has 0 saturated carbocycles. The van der Waals surface area contributed by atoms with Gasteiger partial charge in [0, 0.05) is 6.20 Å². The Morgan fingerprint density at radius 3 is 2.53 bits per heavy atom. The van der Waals surface area contributed by atoms with Gasteiger partial charge in [0.1, 0.15) is 12.4 Å². The Balaban J connectivity index is 2.82. The van der Waals surface area contributed by atoms with Crippen molar-refractivity contribution < 1.29 is 27.4 Å². The Hall–Kier alpha value is -1.79. The highest BCUT2D eigenvalue weighted by Crippen LogP contribution is 2.31. The van der Waals surface area contributed by atoms with E-state index in [9.17, 15) is 18.0 Å². The van der Waals surface area contributed by atoms with E-state index in [1.54, 1.807) is 13.8 Å². The fourth-order valence-corrected chi connectivity index (χ4v) is 1.04. The van der Waals surface area contributed by atoms with Crippen LogP contribution in [-0.4, -0.2) is 23.7 Å². The number of ketones is 1. The zero-order valence-corrected chi connectivity index (χ0v) is 10.7. The molecule has 106 valence electrons. The van der Waals surface area contributed by atoms with Crippen LogP contribution >= 0.6 is 0 Å². The maximum atomic E-state index is 12.2. The van der Waals surface area contributed by atoms with Gasteiger partial charge in [0.05, 0.1) is 5.41 Å². The van der Waals surface area contributed by atoms with E-state index in [2.05, 4.69) is 9.72 Å². The molecule has 0 amide bonds. The van der Waals surface area contributed by atoms with E-state index in [0.29, 0.717) is 0 Å². The number of pyridine rings is 1. The summed E-state index contributed by atoms with van der Waals surface area (Å²) in [4.78, 5) is 15.0. The van der Waals surface area contributed by atoms with Gasteiger partial charge in [-0.05, 0) is 32.9 Å². The first kappa shape index (κ1) is 15.3. The lowest BCUT2D eigenvalue weighted by molar-refractivity contribution is -0.275. The van der Waals surface area contributed by atoms with E-state index < -0.39 is 17.5 Å². The van der Waals surface area contributed by atoms with Gasteiger partial charge in [-0.15, -0.1) is 13.2 Å². The second-order valence-electron chi connectivity index (χ2n) is 4.58. The summed E-state index contributed by atoms with van der Waals surface area (Å²) in [5, 5.41) is 0. The normalized spacial score (nSPS) is 12.1. The zero-order chi connectivity index (χ0) is 14.7. The lowest BCUT2D eigenvalue weighted by Gasteiger charge is -2.21. The number of nitrogens with zero attached hydrogens (tertiary/aromatic N) is 1. The molecule has 0 fully saturated rings. The minimum absolute atomic E-state index is 0.0897. The Kier molecular flexibility index (Phi) is 4.39. The van der Waals surface area contributed by atoms with Gasteiger partial charge >= 0.3 is 6.36 Å². The molecule has 0 atom stereocenters. The van der Waals surface area contributed by atoms with E-state index in [4.69, 9.17) is 4.74 Å². The Morgan fingerprint density at radius 1 is 1.37 bits per heavy atom. The van der Waals surface area contributed by atoms with Crippen molar-refractivity contribution in [3.8, 4) is 11.6 Å². The molecule has 7 heteroatoms. The minimum atomic E-state index is -4.82. The van der Waals surface area contributed by atoms with Gasteiger partial charge in [-0.2, -0.15) is 0 Å². The monoisotopic (exact) mass is 277 g/mol. The molecule has 1 aromatic rings. The Labute approximate surface area is 108 Å². The Morgan fingerprint density at radius 2 is 2.00 bits per heavy atom. The van der Waals surface area contributed by atoms with E-state index in [0.717, 1.165) is 6.07 Å². The maximum Gasteiger partial charge on any atom is 0.573 e. The molecule has 4 nitrogen and oxygen atoms in total. The first-order valence-corrected chi connectivity index (χ1v) is 5.46. The van der Waals surface area contributed by atoms with Crippen LogP contribution in [0.15, 0.2) is 18.3 Å². The van der Waals surface area contributed by atoms with Gasteiger partial charge in [0.15, 0.2) is 5.75 Å². The summed E-state index contributed by atoms with van der Waals surface area (Å²) >= 11 is 0. The molecule has 0 radical (unpaired) electrons. The molecule has 0 aromatic carbocycles. The van der Waals surface area contributed by atoms with Gasteiger partial charge in [0.25, 0.3) is 5.88 Å². The predicted octanol–water partition coefficient (Wildman–Crippen LogP) is 2.97. The highest BCUT2D eigenvalue weighted by Gasteiger charge is 2.33. The largest absolute Gasteiger partial charge is 0.573 e. The predicted molar refractivity (Wildman–Crippen MR) is 60.9 cm³/mol. The van der Waals surface area contributed by atoms with E-state index in [1.165, 1.54) is 19.2 Å². The molecule has 0 N–H and O–H groups in total. The van der Waals surface area contributed by atoms with Crippen LogP contribution in [0.1, 0.15) is 20.8 Å². The lowest BCUT2D eigenvalue weighted by atomic mass is 9.90. The maximum absolute atomic E-state index is 12.2. The lowest BCUT2D eigenvalue weighted by Crippen LogP contribution is -2.29. The standard InChI is InChI=1S/C12H14F3NO3/c1-8(17)11(2,3)7-18-10-9(5-4-6-16-10)19-12(13,14)15/h4-6H,7H2,1-3H3. The number of alkyl halides is 3. The molecule has 0 saturated heterocycles. The molecule has 0 aliphatic rings. The SMILES string of the molecule is CC(=O)C(C)(C)COc1ncccc1OC(F)(F)F. The van der Waals surface area contributed by atoms with Crippen LogP contribution in [0.5, 0.6) is 11.6 Å². The van der Waals surface area contributed by atoms with Crippen LogP contribution in [0.2, 0.25) is 0 Å². The highest BCUT2D eigenvalue weighted by molar-refractivity contribution is 5.81. The van der Waals surface area contributed by atoms with Crippen molar-refractivity contribution in [1.82, 2.24) is 4.98 Å². The van der Waals surface area contributed by atoms with Gasteiger partial charge in [-0.25, -0.2) is 4.98 Å². The molecule has 0 bridgehead atoms. The summed E-state index contributed by atoms with van der Waals surface area (Å²) in [6.45, 7) is 4.55. The number of halogens is 3. The van der Waals surface area contributed by atoms with Crippen LogP contribution in [0, 0.1) is 5.41 Å². The fraction of sp³-hybridized carbons (Fsp3) is 0.500. The molecular weight excluding hydrogens is 263 g/mol. The summed E-state index contributed by atoms with van der Waals surface area (Å²) in [7, 11) is 0. The van der Waals surface area contributed by atoms with Crippen molar-refractivity contribution in [2.45, 2.75) is 27.1 Å². The molecule has 19 heavy (non-hydrogen) atoms. The number of ether oxygens (including phenoxy) is 2. The molecule has 1 heterocycles. The van der Waals surface area contributed by atoms with Crippen LogP contribution in [0.4, 0.5) is 13.2 Å². The first-order valence-electron chi connectivity index (χ1n) is 5.46. The van der Waals surface area contributed by atoms with Crippen molar-refractivity contribution in [2.75, 3.05) is 6.61 Å². The molecule has 1 aromatic heterocycles. The highest BCUT2D eigenvalue weighted by atomic mass is 19.4. The van der Waals surface area contributed by atoms with Crippen LogP contribution in [0.25, 0.3) is 0 Å². The first-order chi connectivity index (χ1) is 8.62. The topological polar surface area (TPSA) is 48.4 Å². The van der Waals surface area contributed by atoms with Crippen LogP contribution in [0.3, 0.4) is 0 Å². The van der Waals surface area contributed by atoms with E-state index in [-0.39, 0.29) is 18.3 Å². The molecule has 0 unspecified atom stereocenters. The number of hydrogen-bond donors (Lipinski definition) is 0. The molecule has 1 rings (SSSR count). The zero-order valence-electron chi connectivity index (χ0n) is 10.7. The average Bonchev–Trinajstić information content (AvgIpc) is 2.25. The third-order valence-electron chi connectivity index (χ3n) is 2.48. The summed E-state index contributed by atoms with van der Waals surface area (Å²) in [5.41, 5.74) is -0.812. The second-order valence-corrected chi connectivity index (χ2v) is 4.58. The van der Waals surface area contributed by atoms with E-state index >= 15 is 0 Å². The summed E-state index contributed by atoms with van der Waals surface area (Å²) in [6, 6.07) is 2.39. The van der Waals surface area contributed by atoms with Crippen LogP contribution in [-0.2, 0) is 4.79 Å². The number of Topliss-reactive ketones (excluding diaryl/α,β-unsaturated/α-hetero) is 1. The van der Waals surface area contributed by atoms with Crippen molar-refractivity contribution in [1.29, 1.82) is 0 Å². The van der Waals surface area contributed by atoms with Crippen molar-refractivity contribution in [3.05, 3.63) is 18.3 Å². The van der Waals surface area contributed by atoms with Crippen molar-refractivity contribution in [3.63, 3.8) is 0 Å². The quantitative estimate of drug-likeness (QED) is 0.830. The number of aromatic nitrogens is 1. The minimum Gasteiger partial charge on any atom is -0.474 e. The van der Waals surface area contributed by atoms with Crippen molar-refractivity contribution in [2.24, 2.45) is 5.41 Å². The van der Waals surface area contributed by atoms with Gasteiger partial charge in [-0.3, -0.25) is 4.79 Å². The average molecular weight is 277 g/mol. The van der Waals surface area contributed by atoms with Gasteiger partial charge < -0.3 is 9.47 Å². The van der Waals surface area contributed by atoms with Gasteiger partial charge in [-0.1, -0.05) is 0 Å². The second kappa shape index (κ2) is 5.46. The number of carbonyl (C=O) groups is 1. The van der Waals surface area contributed by atoms with Gasteiger partial charge in [0.2, 0.25) is 0 Å². The van der Waals surface area contributed by atoms with E-state index in [1.807, 2.05) is 0 Å². The Bertz CT molecular complexity index is 458.